The Morgan fingerprint density at radius 3 is 2.36 bits per heavy atom. The van der Waals surface area contributed by atoms with E-state index < -0.39 is 0 Å². The lowest BCUT2D eigenvalue weighted by Crippen LogP contribution is -2.31. The van der Waals surface area contributed by atoms with Crippen LogP contribution in [-0.2, 0) is 10.2 Å². The van der Waals surface area contributed by atoms with Gasteiger partial charge in [-0.25, -0.2) is 4.79 Å². The number of ether oxygens (including phenoxy) is 1. The van der Waals surface area contributed by atoms with Gasteiger partial charge in [-0.05, 0) is 67.2 Å². The Labute approximate surface area is 173 Å². The van der Waals surface area contributed by atoms with Crippen molar-refractivity contribution in [3.63, 3.8) is 0 Å². The van der Waals surface area contributed by atoms with Gasteiger partial charge in [-0.1, -0.05) is 51.1 Å². The van der Waals surface area contributed by atoms with E-state index in [2.05, 4.69) is 62.6 Å². The van der Waals surface area contributed by atoms with Crippen molar-refractivity contribution in [2.75, 3.05) is 11.9 Å². The van der Waals surface area contributed by atoms with Crippen molar-refractivity contribution >= 4 is 29.0 Å². The Kier molecular flexibility index (Phi) is 7.19. The molecule has 0 amide bonds. The minimum absolute atomic E-state index is 0.0579. The summed E-state index contributed by atoms with van der Waals surface area (Å²) < 4.78 is 5.07. The second-order valence-corrected chi connectivity index (χ2v) is 8.35. The summed E-state index contributed by atoms with van der Waals surface area (Å²) in [4.78, 5) is 12.0. The highest BCUT2D eigenvalue weighted by molar-refractivity contribution is 7.80. The van der Waals surface area contributed by atoms with Gasteiger partial charge < -0.3 is 15.4 Å². The van der Waals surface area contributed by atoms with E-state index in [1.54, 1.807) is 19.1 Å². The van der Waals surface area contributed by atoms with Crippen LogP contribution in [-0.4, -0.2) is 17.7 Å². The average molecular weight is 399 g/mol. The molecule has 0 heterocycles. The molecule has 2 N–H and O–H groups in total. The van der Waals surface area contributed by atoms with Crippen molar-refractivity contribution < 1.29 is 9.53 Å². The van der Waals surface area contributed by atoms with E-state index >= 15 is 0 Å². The number of aryl methyl sites for hydroxylation is 1. The number of benzene rings is 2. The molecule has 4 nitrogen and oxygen atoms in total. The van der Waals surface area contributed by atoms with Crippen molar-refractivity contribution in [3.05, 3.63) is 64.7 Å². The second-order valence-electron chi connectivity index (χ2n) is 7.94. The van der Waals surface area contributed by atoms with Gasteiger partial charge in [0.25, 0.3) is 0 Å². The van der Waals surface area contributed by atoms with Gasteiger partial charge in [0.1, 0.15) is 0 Å². The van der Waals surface area contributed by atoms with Crippen LogP contribution in [0.5, 0.6) is 0 Å². The van der Waals surface area contributed by atoms with Crippen LogP contribution in [0.25, 0.3) is 0 Å². The van der Waals surface area contributed by atoms with E-state index in [-0.39, 0.29) is 17.4 Å². The lowest BCUT2D eigenvalue weighted by molar-refractivity contribution is 0.0526. The van der Waals surface area contributed by atoms with E-state index in [1.807, 2.05) is 13.0 Å². The minimum atomic E-state index is -0.336. The van der Waals surface area contributed by atoms with Crippen LogP contribution in [0.2, 0.25) is 0 Å². The third-order valence-corrected chi connectivity index (χ3v) is 4.84. The zero-order valence-electron chi connectivity index (χ0n) is 17.6. The molecule has 0 spiro atoms. The van der Waals surface area contributed by atoms with E-state index in [1.165, 1.54) is 5.56 Å². The lowest BCUT2D eigenvalue weighted by atomic mass is 9.86. The van der Waals surface area contributed by atoms with E-state index in [0.29, 0.717) is 17.3 Å². The summed E-state index contributed by atoms with van der Waals surface area (Å²) in [6, 6.07) is 14.1. The first kappa shape index (κ1) is 21.9. The zero-order valence-corrected chi connectivity index (χ0v) is 18.4. The van der Waals surface area contributed by atoms with E-state index in [4.69, 9.17) is 17.0 Å². The van der Waals surface area contributed by atoms with Crippen LogP contribution in [0, 0.1) is 6.92 Å². The molecule has 2 rings (SSSR count). The van der Waals surface area contributed by atoms with Crippen LogP contribution in [0.3, 0.4) is 0 Å². The third-order valence-electron chi connectivity index (χ3n) is 4.62. The maximum absolute atomic E-state index is 12.0. The number of hydrogen-bond donors (Lipinski definition) is 2. The highest BCUT2D eigenvalue weighted by Crippen LogP contribution is 2.24. The van der Waals surface area contributed by atoms with Crippen LogP contribution in [0.15, 0.2) is 42.5 Å². The number of anilines is 1. The molecule has 0 aliphatic rings. The van der Waals surface area contributed by atoms with Crippen molar-refractivity contribution in [2.45, 2.75) is 53.0 Å². The Morgan fingerprint density at radius 2 is 1.79 bits per heavy atom. The first-order valence-corrected chi connectivity index (χ1v) is 9.98. The van der Waals surface area contributed by atoms with Gasteiger partial charge in [0.2, 0.25) is 0 Å². The normalized spacial score (nSPS) is 12.2. The van der Waals surface area contributed by atoms with Crippen molar-refractivity contribution in [1.82, 2.24) is 5.32 Å². The second kappa shape index (κ2) is 9.20. The number of rotatable bonds is 5. The smallest absolute Gasteiger partial charge is 0.338 e. The van der Waals surface area contributed by atoms with Gasteiger partial charge >= 0.3 is 5.97 Å². The van der Waals surface area contributed by atoms with E-state index in [9.17, 15) is 4.79 Å². The molecule has 150 valence electrons. The minimum Gasteiger partial charge on any atom is -0.462 e. The predicted molar refractivity (Wildman–Crippen MR) is 120 cm³/mol. The number of nitrogens with one attached hydrogen (secondary N) is 2. The lowest BCUT2D eigenvalue weighted by Gasteiger charge is -2.22. The Morgan fingerprint density at radius 1 is 1.14 bits per heavy atom. The topological polar surface area (TPSA) is 50.4 Å². The first-order chi connectivity index (χ1) is 13.1. The fourth-order valence-electron chi connectivity index (χ4n) is 2.81. The molecular formula is C23H30N2O2S. The van der Waals surface area contributed by atoms with E-state index in [0.717, 1.165) is 16.8 Å². The summed E-state index contributed by atoms with van der Waals surface area (Å²) >= 11 is 5.48. The number of esters is 1. The molecule has 0 saturated heterocycles. The summed E-state index contributed by atoms with van der Waals surface area (Å²) in [6.07, 6.45) is 0. The maximum atomic E-state index is 12.0. The summed E-state index contributed by atoms with van der Waals surface area (Å²) in [5.41, 5.74) is 4.89. The number of hydrogen-bond acceptors (Lipinski definition) is 3. The molecule has 1 atom stereocenters. The molecule has 0 aromatic heterocycles. The monoisotopic (exact) mass is 398 g/mol. The molecule has 5 heteroatoms. The molecule has 0 unspecified atom stereocenters. The Bertz CT molecular complexity index is 839. The maximum Gasteiger partial charge on any atom is 0.338 e. The van der Waals surface area contributed by atoms with Gasteiger partial charge in [0.05, 0.1) is 18.2 Å². The Balaban J connectivity index is 2.05. The molecule has 0 bridgehead atoms. The number of carbonyl (C=O) groups is 1. The van der Waals surface area contributed by atoms with Gasteiger partial charge in [0, 0.05) is 5.69 Å². The first-order valence-electron chi connectivity index (χ1n) is 9.57. The van der Waals surface area contributed by atoms with Crippen LogP contribution in [0.1, 0.15) is 67.7 Å². The van der Waals surface area contributed by atoms with Crippen molar-refractivity contribution in [3.8, 4) is 0 Å². The molecule has 2 aromatic carbocycles. The van der Waals surface area contributed by atoms with Crippen molar-refractivity contribution in [1.29, 1.82) is 0 Å². The summed E-state index contributed by atoms with van der Waals surface area (Å²) in [6.45, 7) is 12.8. The highest BCUT2D eigenvalue weighted by Gasteiger charge is 2.15. The van der Waals surface area contributed by atoms with Crippen LogP contribution < -0.4 is 10.6 Å². The average Bonchev–Trinajstić information content (AvgIpc) is 2.63. The summed E-state index contributed by atoms with van der Waals surface area (Å²) in [5.74, 6) is -0.336. The number of thiocarbonyl (C=S) groups is 1. The van der Waals surface area contributed by atoms with Crippen molar-refractivity contribution in [2.24, 2.45) is 0 Å². The highest BCUT2D eigenvalue weighted by atomic mass is 32.1. The largest absolute Gasteiger partial charge is 0.462 e. The number of carbonyl (C=O) groups excluding carboxylic acids is 1. The third kappa shape index (κ3) is 5.80. The SMILES string of the molecule is CCOC(=O)c1ccc(C)c(NC(=S)N[C@@H](C)c2ccc(C(C)(C)C)cc2)c1. The summed E-state index contributed by atoms with van der Waals surface area (Å²) in [7, 11) is 0. The molecule has 28 heavy (non-hydrogen) atoms. The quantitative estimate of drug-likeness (QED) is 0.513. The molecule has 0 aliphatic carbocycles. The molecule has 0 radical (unpaired) electrons. The molecule has 0 saturated carbocycles. The van der Waals surface area contributed by atoms with Gasteiger partial charge in [-0.3, -0.25) is 0 Å². The fraction of sp³-hybridized carbons (Fsp3) is 0.391. The predicted octanol–water partition coefficient (Wildman–Crippen LogP) is 5.52. The fourth-order valence-corrected chi connectivity index (χ4v) is 3.09. The zero-order chi connectivity index (χ0) is 20.9. The van der Waals surface area contributed by atoms with Gasteiger partial charge in [0.15, 0.2) is 5.11 Å². The van der Waals surface area contributed by atoms with Crippen LogP contribution >= 0.6 is 12.2 Å². The standard InChI is InChI=1S/C23H30N2O2S/c1-7-27-21(26)18-9-8-15(2)20(14-18)25-22(28)24-16(3)17-10-12-19(13-11-17)23(4,5)6/h8-14,16H,7H2,1-6H3,(H2,24,25,28)/t16-/m0/s1. The Hall–Kier alpha value is -2.40. The molecular weight excluding hydrogens is 368 g/mol. The summed E-state index contributed by atoms with van der Waals surface area (Å²) in [5, 5.41) is 7.02. The van der Waals surface area contributed by atoms with Gasteiger partial charge in [-0.15, -0.1) is 0 Å². The molecule has 0 fully saturated rings. The molecule has 2 aromatic rings. The van der Waals surface area contributed by atoms with Gasteiger partial charge in [-0.2, -0.15) is 0 Å². The molecule has 0 aliphatic heterocycles. The van der Waals surface area contributed by atoms with Crippen LogP contribution in [0.4, 0.5) is 5.69 Å².